The molecule has 2 aliphatic rings. The van der Waals surface area contributed by atoms with Crippen molar-refractivity contribution in [3.05, 3.63) is 65.2 Å². The number of nitrogens with zero attached hydrogens (tertiary/aromatic N) is 2. The molecule has 1 saturated carbocycles. The van der Waals surface area contributed by atoms with Crippen LogP contribution in [0.1, 0.15) is 74.4 Å². The third-order valence-electron chi connectivity index (χ3n) is 8.45. The predicted molar refractivity (Wildman–Crippen MR) is 178 cm³/mol. The van der Waals surface area contributed by atoms with Crippen LogP contribution >= 0.6 is 11.9 Å². The van der Waals surface area contributed by atoms with E-state index in [0.29, 0.717) is 37.6 Å². The molecule has 2 heterocycles. The van der Waals surface area contributed by atoms with Gasteiger partial charge in [-0.1, -0.05) is 45.0 Å². The van der Waals surface area contributed by atoms with Gasteiger partial charge in [0.15, 0.2) is 5.79 Å². The molecule has 0 radical (unpaired) electrons. The summed E-state index contributed by atoms with van der Waals surface area (Å²) in [5.41, 5.74) is 4.38. The van der Waals surface area contributed by atoms with Gasteiger partial charge in [-0.25, -0.2) is 9.78 Å². The van der Waals surface area contributed by atoms with E-state index in [1.165, 1.54) is 11.9 Å². The zero-order valence-corrected chi connectivity index (χ0v) is 27.8. The maximum atomic E-state index is 11.5. The first-order valence-electron chi connectivity index (χ1n) is 15.8. The average molecular weight is 635 g/mol. The number of rotatable bonds is 12. The molecule has 5 rings (SSSR count). The molecule has 1 atom stereocenters. The Bertz CT molecular complexity index is 1440. The summed E-state index contributed by atoms with van der Waals surface area (Å²) in [5.74, 6) is 0.148. The van der Waals surface area contributed by atoms with Crippen LogP contribution in [0.15, 0.2) is 53.4 Å². The van der Waals surface area contributed by atoms with Crippen LogP contribution in [-0.2, 0) is 9.47 Å². The molecule has 9 nitrogen and oxygen atoms in total. The van der Waals surface area contributed by atoms with Crippen LogP contribution < -0.4 is 14.8 Å². The number of carboxylic acid groups (broad SMARTS) is 1. The Hall–Kier alpha value is -3.18. The number of aromatic carboxylic acids is 1. The van der Waals surface area contributed by atoms with Gasteiger partial charge < -0.3 is 24.6 Å². The number of benzene rings is 2. The van der Waals surface area contributed by atoms with E-state index >= 15 is 0 Å². The summed E-state index contributed by atoms with van der Waals surface area (Å²) < 4.78 is 21.5. The fraction of sp³-hybridized carbons (Fsp3) is 0.514. The SMILES string of the molecule is Cc1cccc(C)c1-c1cc(OC[C@@H](CC(C)(C)C)NCC2CCC3(CC2)OCCO3)nc(NSc2cccc(C(=O)O)c2)n1. The molecule has 242 valence electrons. The van der Waals surface area contributed by atoms with Crippen molar-refractivity contribution in [3.8, 4) is 17.1 Å². The van der Waals surface area contributed by atoms with Crippen LogP contribution in [0.5, 0.6) is 5.88 Å². The maximum Gasteiger partial charge on any atom is 0.335 e. The Kier molecular flexibility index (Phi) is 10.7. The molecule has 10 heteroatoms. The minimum Gasteiger partial charge on any atom is -0.478 e. The number of aryl methyl sites for hydroxylation is 2. The van der Waals surface area contributed by atoms with E-state index in [9.17, 15) is 9.90 Å². The number of carboxylic acids is 1. The molecule has 1 aliphatic heterocycles. The molecule has 1 saturated heterocycles. The fourth-order valence-corrected chi connectivity index (χ4v) is 6.88. The highest BCUT2D eigenvalue weighted by Crippen LogP contribution is 2.38. The van der Waals surface area contributed by atoms with Crippen molar-refractivity contribution in [2.75, 3.05) is 31.1 Å². The number of hydrogen-bond donors (Lipinski definition) is 3. The number of nitrogens with one attached hydrogen (secondary N) is 2. The summed E-state index contributed by atoms with van der Waals surface area (Å²) in [5, 5.41) is 13.2. The van der Waals surface area contributed by atoms with E-state index in [0.717, 1.165) is 65.9 Å². The van der Waals surface area contributed by atoms with Crippen molar-refractivity contribution in [3.63, 3.8) is 0 Å². The second-order valence-corrected chi connectivity index (χ2v) is 14.3. The minimum atomic E-state index is -0.968. The first kappa shape index (κ1) is 33.2. The summed E-state index contributed by atoms with van der Waals surface area (Å²) in [6.07, 6.45) is 5.03. The monoisotopic (exact) mass is 634 g/mol. The molecule has 0 bridgehead atoms. The zero-order valence-electron chi connectivity index (χ0n) is 27.0. The quantitative estimate of drug-likeness (QED) is 0.176. The van der Waals surface area contributed by atoms with E-state index in [1.54, 1.807) is 18.2 Å². The lowest BCUT2D eigenvalue weighted by molar-refractivity contribution is -0.182. The molecular formula is C35H46N4O5S. The normalized spacial score (nSPS) is 17.4. The van der Waals surface area contributed by atoms with Gasteiger partial charge in [-0.15, -0.1) is 0 Å². The van der Waals surface area contributed by atoms with Gasteiger partial charge in [0.25, 0.3) is 0 Å². The molecule has 3 aromatic rings. The topological polar surface area (TPSA) is 115 Å². The van der Waals surface area contributed by atoms with Crippen molar-refractivity contribution < 1.29 is 24.1 Å². The molecule has 3 N–H and O–H groups in total. The highest BCUT2D eigenvalue weighted by atomic mass is 32.2. The van der Waals surface area contributed by atoms with Gasteiger partial charge in [0, 0.05) is 35.4 Å². The van der Waals surface area contributed by atoms with Crippen molar-refractivity contribution in [1.82, 2.24) is 15.3 Å². The van der Waals surface area contributed by atoms with E-state index in [1.807, 2.05) is 18.2 Å². The Labute approximate surface area is 271 Å². The third-order valence-corrected chi connectivity index (χ3v) is 9.22. The molecule has 2 aromatic carbocycles. The first-order chi connectivity index (χ1) is 21.5. The summed E-state index contributed by atoms with van der Waals surface area (Å²) in [6, 6.07) is 15.0. The summed E-state index contributed by atoms with van der Waals surface area (Å²) in [4.78, 5) is 21.7. The molecule has 0 amide bonds. The molecule has 1 aliphatic carbocycles. The van der Waals surface area contributed by atoms with Crippen molar-refractivity contribution in [2.45, 2.75) is 83.4 Å². The third kappa shape index (κ3) is 9.19. The maximum absolute atomic E-state index is 11.5. The highest BCUT2D eigenvalue weighted by Gasteiger charge is 2.40. The van der Waals surface area contributed by atoms with E-state index in [-0.39, 0.29) is 22.8 Å². The number of ether oxygens (including phenoxy) is 3. The summed E-state index contributed by atoms with van der Waals surface area (Å²) in [7, 11) is 0. The Morgan fingerprint density at radius 2 is 1.76 bits per heavy atom. The lowest BCUT2D eigenvalue weighted by Crippen LogP contribution is -2.43. The van der Waals surface area contributed by atoms with Crippen LogP contribution in [0.25, 0.3) is 11.3 Å². The number of hydrogen-bond acceptors (Lipinski definition) is 9. The van der Waals surface area contributed by atoms with Crippen LogP contribution in [0.2, 0.25) is 0 Å². The summed E-state index contributed by atoms with van der Waals surface area (Å²) >= 11 is 1.27. The second-order valence-electron chi connectivity index (χ2n) is 13.5. The standard InChI is InChI=1S/C35H46N4O5S/c1-23-8-6-9-24(2)31(23)29-19-30(38-33(37-29)39-45-28-11-7-10-26(18-28)32(40)41)42-22-27(20-34(3,4)5)36-21-25-12-14-35(15-13-25)43-16-17-44-35/h6-11,18-19,25,27,36H,12-17,20-22H2,1-5H3,(H,40,41)(H,37,38,39)/t27-/m1/s1. The molecule has 1 aromatic heterocycles. The minimum absolute atomic E-state index is 0.117. The van der Waals surface area contributed by atoms with Gasteiger partial charge in [-0.3, -0.25) is 4.72 Å². The zero-order chi connectivity index (χ0) is 32.0. The highest BCUT2D eigenvalue weighted by molar-refractivity contribution is 8.00. The van der Waals surface area contributed by atoms with Crippen LogP contribution in [0.3, 0.4) is 0 Å². The van der Waals surface area contributed by atoms with Gasteiger partial charge in [0.2, 0.25) is 11.8 Å². The largest absolute Gasteiger partial charge is 0.478 e. The molecular weight excluding hydrogens is 588 g/mol. The lowest BCUT2D eigenvalue weighted by atomic mass is 9.84. The van der Waals surface area contributed by atoms with Crippen molar-refractivity contribution >= 4 is 23.9 Å². The van der Waals surface area contributed by atoms with E-state index in [4.69, 9.17) is 24.2 Å². The summed E-state index contributed by atoms with van der Waals surface area (Å²) in [6.45, 7) is 13.7. The Balaban J connectivity index is 1.31. The van der Waals surface area contributed by atoms with E-state index < -0.39 is 5.97 Å². The van der Waals surface area contributed by atoms with Gasteiger partial charge in [0.1, 0.15) is 6.61 Å². The van der Waals surface area contributed by atoms with Crippen LogP contribution in [-0.4, -0.2) is 59.2 Å². The Morgan fingerprint density at radius 3 is 2.42 bits per heavy atom. The first-order valence-corrected chi connectivity index (χ1v) is 16.7. The molecule has 0 unspecified atom stereocenters. The van der Waals surface area contributed by atoms with Crippen molar-refractivity contribution in [2.24, 2.45) is 11.3 Å². The predicted octanol–water partition coefficient (Wildman–Crippen LogP) is 7.28. The fourth-order valence-electron chi connectivity index (χ4n) is 6.24. The van der Waals surface area contributed by atoms with Gasteiger partial charge in [-0.05, 0) is 92.3 Å². The van der Waals surface area contributed by atoms with E-state index in [2.05, 4.69) is 56.8 Å². The van der Waals surface area contributed by atoms with Gasteiger partial charge in [0.05, 0.1) is 24.5 Å². The smallest absolute Gasteiger partial charge is 0.335 e. The van der Waals surface area contributed by atoms with Crippen molar-refractivity contribution in [1.29, 1.82) is 0 Å². The van der Waals surface area contributed by atoms with Gasteiger partial charge in [-0.2, -0.15) is 4.98 Å². The number of aromatic nitrogens is 2. The molecule has 1 spiro atoms. The Morgan fingerprint density at radius 1 is 1.07 bits per heavy atom. The van der Waals surface area contributed by atoms with Crippen LogP contribution in [0, 0.1) is 25.2 Å². The van der Waals surface area contributed by atoms with Crippen LogP contribution in [0.4, 0.5) is 5.95 Å². The van der Waals surface area contributed by atoms with Gasteiger partial charge >= 0.3 is 5.97 Å². The lowest BCUT2D eigenvalue weighted by Gasteiger charge is -2.36. The average Bonchev–Trinajstić information content (AvgIpc) is 3.45. The molecule has 2 fully saturated rings. The number of carbonyl (C=O) groups is 1. The number of anilines is 1. The molecule has 45 heavy (non-hydrogen) atoms. The second kappa shape index (κ2) is 14.5.